The van der Waals surface area contributed by atoms with Crippen molar-refractivity contribution in [3.63, 3.8) is 0 Å². The van der Waals surface area contributed by atoms with Crippen LogP contribution in [0.4, 0.5) is 11.4 Å². The van der Waals surface area contributed by atoms with Crippen molar-refractivity contribution in [1.29, 1.82) is 0 Å². The number of likely N-dealkylation sites (N-methyl/N-ethyl adjacent to an activating group) is 1. The summed E-state index contributed by atoms with van der Waals surface area (Å²) in [4.78, 5) is 22.4. The molecule has 0 aromatic heterocycles. The number of halogens is 1. The molecule has 0 N–H and O–H groups in total. The van der Waals surface area contributed by atoms with Gasteiger partial charge in [0.1, 0.15) is 12.4 Å². The van der Waals surface area contributed by atoms with Gasteiger partial charge in [0, 0.05) is 68.6 Å². The molecule has 38 heavy (non-hydrogen) atoms. The lowest BCUT2D eigenvalue weighted by atomic mass is 10.1. The molecule has 0 bridgehead atoms. The predicted molar refractivity (Wildman–Crippen MR) is 156 cm³/mol. The zero-order valence-corrected chi connectivity index (χ0v) is 23.4. The molecule has 7 heteroatoms. The number of hydrogen-bond donors (Lipinski definition) is 0. The maximum absolute atomic E-state index is 13.4. The van der Waals surface area contributed by atoms with Crippen LogP contribution in [-0.4, -0.2) is 75.1 Å². The number of ether oxygens (including phenoxy) is 1. The summed E-state index contributed by atoms with van der Waals surface area (Å²) in [5.41, 5.74) is 6.60. The second-order valence-electron chi connectivity index (χ2n) is 10.4. The van der Waals surface area contributed by atoms with E-state index in [2.05, 4.69) is 53.8 Å². The Labute approximate surface area is 231 Å². The molecule has 200 valence electrons. The largest absolute Gasteiger partial charge is 0.487 e. The average Bonchev–Trinajstić information content (AvgIpc) is 2.94. The number of carbonyl (C=O) groups excluding carboxylic acids is 1. The first-order chi connectivity index (χ1) is 18.4. The lowest BCUT2D eigenvalue weighted by Gasteiger charge is -2.37. The Hall–Kier alpha value is -3.22. The number of anilines is 2. The van der Waals surface area contributed by atoms with Crippen molar-refractivity contribution in [2.24, 2.45) is 0 Å². The van der Waals surface area contributed by atoms with Crippen LogP contribution in [0, 0.1) is 13.8 Å². The second kappa shape index (κ2) is 11.7. The molecule has 0 spiro atoms. The molecule has 0 unspecified atom stereocenters. The van der Waals surface area contributed by atoms with Gasteiger partial charge in [0.25, 0.3) is 5.91 Å². The van der Waals surface area contributed by atoms with E-state index >= 15 is 0 Å². The van der Waals surface area contributed by atoms with Gasteiger partial charge in [-0.15, -0.1) is 0 Å². The van der Waals surface area contributed by atoms with E-state index in [1.165, 1.54) is 16.8 Å². The number of hydrogen-bond acceptors (Lipinski definition) is 5. The summed E-state index contributed by atoms with van der Waals surface area (Å²) in [6, 6.07) is 20.1. The van der Waals surface area contributed by atoms with Crippen LogP contribution >= 0.6 is 11.6 Å². The van der Waals surface area contributed by atoms with Gasteiger partial charge in [0.2, 0.25) is 0 Å². The lowest BCUT2D eigenvalue weighted by molar-refractivity contribution is 0.0746. The monoisotopic (exact) mass is 532 g/mol. The topological polar surface area (TPSA) is 39.3 Å². The maximum atomic E-state index is 13.4. The predicted octanol–water partition coefficient (Wildman–Crippen LogP) is 5.25. The van der Waals surface area contributed by atoms with Gasteiger partial charge in [-0.3, -0.25) is 4.79 Å². The zero-order valence-electron chi connectivity index (χ0n) is 22.6. The van der Waals surface area contributed by atoms with E-state index in [1.807, 2.05) is 47.4 Å². The second-order valence-corrected chi connectivity index (χ2v) is 10.8. The molecule has 3 aromatic rings. The molecule has 0 aliphatic carbocycles. The van der Waals surface area contributed by atoms with Crippen LogP contribution in [0.25, 0.3) is 0 Å². The molecule has 0 atom stereocenters. The van der Waals surface area contributed by atoms with Gasteiger partial charge in [-0.2, -0.15) is 0 Å². The van der Waals surface area contributed by atoms with E-state index in [1.54, 1.807) is 0 Å². The smallest absolute Gasteiger partial charge is 0.253 e. The quantitative estimate of drug-likeness (QED) is 0.433. The first-order valence-corrected chi connectivity index (χ1v) is 13.8. The number of nitrogens with zero attached hydrogens (tertiary/aromatic N) is 4. The fourth-order valence-corrected chi connectivity index (χ4v) is 5.44. The minimum atomic E-state index is 0.0806. The molecule has 0 saturated carbocycles. The van der Waals surface area contributed by atoms with Crippen LogP contribution < -0.4 is 14.5 Å². The highest BCUT2D eigenvalue weighted by atomic mass is 35.5. The van der Waals surface area contributed by atoms with Gasteiger partial charge < -0.3 is 24.3 Å². The molecule has 5 rings (SSSR count). The SMILES string of the molecule is Cc1cccc(N2CCN(C(=O)c3cccc(COc4ccc(Cl)cc4N4CCN(C)CC4)c3)CC2)c1C. The fourth-order valence-electron chi connectivity index (χ4n) is 5.27. The van der Waals surface area contributed by atoms with E-state index in [9.17, 15) is 4.79 Å². The van der Waals surface area contributed by atoms with Crippen LogP contribution in [0.3, 0.4) is 0 Å². The third kappa shape index (κ3) is 5.92. The summed E-state index contributed by atoms with van der Waals surface area (Å²) in [5, 5.41) is 0.705. The first-order valence-electron chi connectivity index (χ1n) is 13.4. The number of amides is 1. The van der Waals surface area contributed by atoms with Gasteiger partial charge in [0.05, 0.1) is 5.69 Å². The summed E-state index contributed by atoms with van der Waals surface area (Å²) in [7, 11) is 2.14. The van der Waals surface area contributed by atoms with Crippen LogP contribution in [-0.2, 0) is 6.61 Å². The molecule has 0 radical (unpaired) electrons. The van der Waals surface area contributed by atoms with Crippen molar-refractivity contribution in [2.45, 2.75) is 20.5 Å². The van der Waals surface area contributed by atoms with E-state index in [4.69, 9.17) is 16.3 Å². The van der Waals surface area contributed by atoms with E-state index in [0.717, 1.165) is 56.3 Å². The lowest BCUT2D eigenvalue weighted by Crippen LogP contribution is -2.49. The van der Waals surface area contributed by atoms with Gasteiger partial charge in [-0.25, -0.2) is 0 Å². The normalized spacial score (nSPS) is 16.6. The highest BCUT2D eigenvalue weighted by Crippen LogP contribution is 2.33. The Balaban J connectivity index is 1.22. The van der Waals surface area contributed by atoms with Crippen molar-refractivity contribution >= 4 is 28.9 Å². The Kier molecular flexibility index (Phi) is 8.10. The van der Waals surface area contributed by atoms with E-state index in [-0.39, 0.29) is 5.91 Å². The third-order valence-corrected chi connectivity index (χ3v) is 8.05. The summed E-state index contributed by atoms with van der Waals surface area (Å²) in [6.45, 7) is 11.7. The maximum Gasteiger partial charge on any atom is 0.253 e. The van der Waals surface area contributed by atoms with E-state index in [0.29, 0.717) is 30.3 Å². The fraction of sp³-hybridized carbons (Fsp3) is 0.387. The average molecular weight is 533 g/mol. The van der Waals surface area contributed by atoms with Crippen molar-refractivity contribution in [2.75, 3.05) is 69.2 Å². The Morgan fingerprint density at radius 2 is 1.50 bits per heavy atom. The number of piperazine rings is 2. The van der Waals surface area contributed by atoms with Gasteiger partial charge in [0.15, 0.2) is 0 Å². The number of benzene rings is 3. The van der Waals surface area contributed by atoms with Crippen LogP contribution in [0.5, 0.6) is 5.75 Å². The molecular weight excluding hydrogens is 496 g/mol. The molecule has 1 amide bonds. The molecule has 2 aliphatic rings. The number of rotatable bonds is 6. The third-order valence-electron chi connectivity index (χ3n) is 7.82. The van der Waals surface area contributed by atoms with Crippen LogP contribution in [0.1, 0.15) is 27.0 Å². The highest BCUT2D eigenvalue weighted by Gasteiger charge is 2.24. The molecular formula is C31H37ClN4O2. The van der Waals surface area contributed by atoms with Gasteiger partial charge in [-0.1, -0.05) is 35.9 Å². The minimum absolute atomic E-state index is 0.0806. The number of aryl methyl sites for hydroxylation is 1. The Morgan fingerprint density at radius 1 is 0.816 bits per heavy atom. The van der Waals surface area contributed by atoms with Crippen molar-refractivity contribution < 1.29 is 9.53 Å². The molecule has 2 heterocycles. The highest BCUT2D eigenvalue weighted by molar-refractivity contribution is 6.31. The van der Waals surface area contributed by atoms with Gasteiger partial charge >= 0.3 is 0 Å². The standard InChI is InChI=1S/C31H37ClN4O2/c1-23-6-4-9-28(24(23)2)34-16-18-36(19-17-34)31(37)26-8-5-7-25(20-26)22-38-30-11-10-27(32)21-29(30)35-14-12-33(3)13-15-35/h4-11,20-21H,12-19,22H2,1-3H3. The molecule has 2 saturated heterocycles. The van der Waals surface area contributed by atoms with E-state index < -0.39 is 0 Å². The van der Waals surface area contributed by atoms with Crippen LogP contribution in [0.2, 0.25) is 5.02 Å². The summed E-state index contributed by atoms with van der Waals surface area (Å²) in [5.74, 6) is 0.898. The van der Waals surface area contributed by atoms with Gasteiger partial charge in [-0.05, 0) is 74.0 Å². The van der Waals surface area contributed by atoms with Crippen LogP contribution in [0.15, 0.2) is 60.7 Å². The summed E-state index contributed by atoms with van der Waals surface area (Å²) >= 11 is 6.33. The summed E-state index contributed by atoms with van der Waals surface area (Å²) < 4.78 is 6.28. The van der Waals surface area contributed by atoms with Crippen molar-refractivity contribution in [1.82, 2.24) is 9.80 Å². The summed E-state index contributed by atoms with van der Waals surface area (Å²) in [6.07, 6.45) is 0. The first kappa shape index (κ1) is 26.4. The molecule has 2 aliphatic heterocycles. The minimum Gasteiger partial charge on any atom is -0.487 e. The molecule has 2 fully saturated rings. The Morgan fingerprint density at radius 3 is 2.26 bits per heavy atom. The zero-order chi connectivity index (χ0) is 26.6. The Bertz CT molecular complexity index is 1280. The molecule has 6 nitrogen and oxygen atoms in total. The number of carbonyl (C=O) groups is 1. The van der Waals surface area contributed by atoms with Crippen molar-refractivity contribution in [3.8, 4) is 5.75 Å². The molecule has 3 aromatic carbocycles. The van der Waals surface area contributed by atoms with Crippen molar-refractivity contribution in [3.05, 3.63) is 87.9 Å².